The topological polar surface area (TPSA) is 11.5 Å². The number of imidazole rings is 1. The normalized spacial score (nSPS) is 11.2. The number of hydrogen-bond acceptors (Lipinski definition) is 1. The van der Waals surface area contributed by atoms with E-state index in [1.54, 1.807) is 0 Å². The molecule has 2 heterocycles. The first-order chi connectivity index (χ1) is 23.2. The second kappa shape index (κ2) is 14.8. The number of aromatic nitrogens is 2. The van der Waals surface area contributed by atoms with Crippen LogP contribution in [0.1, 0.15) is 64.6 Å². The molecule has 7 rings (SSSR count). The zero-order chi connectivity index (χ0) is 32.2. The summed E-state index contributed by atoms with van der Waals surface area (Å²) in [6, 6.07) is 55.4. The van der Waals surface area contributed by atoms with Crippen molar-refractivity contribution >= 4 is 11.3 Å². The number of pyridine rings is 1. The van der Waals surface area contributed by atoms with Gasteiger partial charge in [0, 0.05) is 42.1 Å². The SMILES string of the molecule is CCN(CC)c1cccc2c[n+](-c3c(C(c4ccccc4)c4ccccc4)cc(C)cc3C(c3ccccc3)c3ccccc3)cn12.[Cl-]. The lowest BCUT2D eigenvalue weighted by molar-refractivity contribution is -0.595. The fraction of sp³-hybridized carbons (Fsp3) is 0.159. The van der Waals surface area contributed by atoms with Gasteiger partial charge in [0.2, 0.25) is 5.82 Å². The number of rotatable bonds is 10. The Morgan fingerprint density at radius 2 is 0.979 bits per heavy atom. The molecule has 0 radical (unpaired) electrons. The van der Waals surface area contributed by atoms with Gasteiger partial charge >= 0.3 is 0 Å². The highest BCUT2D eigenvalue weighted by Gasteiger charge is 2.31. The van der Waals surface area contributed by atoms with Gasteiger partial charge in [0.15, 0.2) is 5.52 Å². The van der Waals surface area contributed by atoms with Gasteiger partial charge in [-0.3, -0.25) is 0 Å². The van der Waals surface area contributed by atoms with Crippen molar-refractivity contribution in [3.8, 4) is 5.69 Å². The van der Waals surface area contributed by atoms with E-state index in [0.29, 0.717) is 0 Å². The Balaban J connectivity index is 0.00000401. The number of anilines is 1. The van der Waals surface area contributed by atoms with E-state index in [1.807, 2.05) is 0 Å². The molecule has 0 fully saturated rings. The Hall–Kier alpha value is -5.12. The van der Waals surface area contributed by atoms with E-state index < -0.39 is 0 Å². The number of aryl methyl sites for hydroxylation is 1. The molecule has 0 aliphatic rings. The van der Waals surface area contributed by atoms with Crippen molar-refractivity contribution in [1.29, 1.82) is 0 Å². The number of nitrogens with zero attached hydrogens (tertiary/aromatic N) is 3. The second-order valence-corrected chi connectivity index (χ2v) is 12.3. The Labute approximate surface area is 291 Å². The van der Waals surface area contributed by atoms with E-state index in [4.69, 9.17) is 0 Å². The molecule has 0 saturated heterocycles. The Kier molecular flexibility index (Phi) is 10.1. The first kappa shape index (κ1) is 32.8. The molecule has 5 aromatic carbocycles. The van der Waals surface area contributed by atoms with Crippen LogP contribution >= 0.6 is 0 Å². The molecule has 48 heavy (non-hydrogen) atoms. The van der Waals surface area contributed by atoms with Crippen LogP contribution in [-0.4, -0.2) is 17.5 Å². The predicted molar refractivity (Wildman–Crippen MR) is 195 cm³/mol. The summed E-state index contributed by atoms with van der Waals surface area (Å²) < 4.78 is 4.74. The highest BCUT2D eigenvalue weighted by atomic mass is 35.5. The molecule has 0 bridgehead atoms. The fourth-order valence-corrected chi connectivity index (χ4v) is 7.24. The molecule has 4 heteroatoms. The van der Waals surface area contributed by atoms with Gasteiger partial charge in [-0.2, -0.15) is 4.40 Å². The van der Waals surface area contributed by atoms with Crippen molar-refractivity contribution in [1.82, 2.24) is 4.40 Å². The lowest BCUT2D eigenvalue weighted by atomic mass is 9.78. The lowest BCUT2D eigenvalue weighted by Gasteiger charge is -2.26. The quantitative estimate of drug-likeness (QED) is 0.118. The van der Waals surface area contributed by atoms with Crippen molar-refractivity contribution in [2.45, 2.75) is 32.6 Å². The third kappa shape index (κ3) is 6.39. The summed E-state index contributed by atoms with van der Waals surface area (Å²) in [7, 11) is 0. The molecule has 3 nitrogen and oxygen atoms in total. The third-order valence-corrected chi connectivity index (χ3v) is 9.36. The maximum absolute atomic E-state index is 2.42. The summed E-state index contributed by atoms with van der Waals surface area (Å²) in [5.74, 6) is 1.28. The molecule has 0 amide bonds. The lowest BCUT2D eigenvalue weighted by Crippen LogP contribution is -3.00. The fourth-order valence-electron chi connectivity index (χ4n) is 7.24. The first-order valence-corrected chi connectivity index (χ1v) is 16.8. The van der Waals surface area contributed by atoms with Crippen LogP contribution in [-0.2, 0) is 0 Å². The molecule has 240 valence electrons. The van der Waals surface area contributed by atoms with E-state index in [9.17, 15) is 0 Å². The predicted octanol–water partition coefficient (Wildman–Crippen LogP) is 6.74. The zero-order valence-electron chi connectivity index (χ0n) is 27.9. The number of benzene rings is 5. The molecule has 0 aliphatic carbocycles. The molecule has 0 atom stereocenters. The molecule has 0 N–H and O–H groups in total. The van der Waals surface area contributed by atoms with E-state index in [1.165, 1.54) is 56.0 Å². The number of hydrogen-bond donors (Lipinski definition) is 0. The standard InChI is InChI=1S/C44H42N3.ClH/c1-4-45(5-2)41-28-18-27-38-31-46(32-47(38)41)44-39(42(34-19-10-6-11-20-34)35-21-12-7-13-22-35)29-33(3)30-40(44)43(36-23-14-8-15-24-36)37-25-16-9-17-26-37;/h6-32,42-43H,4-5H2,1-3H3;1H/q+1;/p-1. The minimum absolute atomic E-state index is 0. The molecule has 0 spiro atoms. The summed E-state index contributed by atoms with van der Waals surface area (Å²) in [6.07, 6.45) is 4.60. The highest BCUT2D eigenvalue weighted by Crippen LogP contribution is 2.41. The van der Waals surface area contributed by atoms with Crippen LogP contribution in [0.5, 0.6) is 0 Å². The van der Waals surface area contributed by atoms with Crippen molar-refractivity contribution in [2.24, 2.45) is 0 Å². The van der Waals surface area contributed by atoms with Gasteiger partial charge in [-0.25, -0.2) is 4.57 Å². The van der Waals surface area contributed by atoms with Gasteiger partial charge < -0.3 is 17.3 Å². The number of halogens is 1. The number of fused-ring (bicyclic) bond motifs is 1. The van der Waals surface area contributed by atoms with Crippen molar-refractivity contribution in [3.63, 3.8) is 0 Å². The van der Waals surface area contributed by atoms with Crippen LogP contribution < -0.4 is 21.9 Å². The zero-order valence-corrected chi connectivity index (χ0v) is 28.6. The molecular formula is C44H42ClN3. The van der Waals surface area contributed by atoms with Gasteiger partial charge in [0.05, 0.1) is 0 Å². The Morgan fingerprint density at radius 1 is 0.562 bits per heavy atom. The largest absolute Gasteiger partial charge is 1.00 e. The first-order valence-electron chi connectivity index (χ1n) is 16.8. The van der Waals surface area contributed by atoms with E-state index in [-0.39, 0.29) is 24.2 Å². The van der Waals surface area contributed by atoms with Crippen molar-refractivity contribution < 1.29 is 17.0 Å². The summed E-state index contributed by atoms with van der Waals surface area (Å²) >= 11 is 0. The van der Waals surface area contributed by atoms with Gasteiger partial charge in [-0.05, 0) is 49.1 Å². The van der Waals surface area contributed by atoms with Crippen molar-refractivity contribution in [2.75, 3.05) is 18.0 Å². The van der Waals surface area contributed by atoms with Crippen LogP contribution in [0.3, 0.4) is 0 Å². The molecule has 0 aliphatic heterocycles. The Bertz CT molecular complexity index is 1890. The summed E-state index contributed by atoms with van der Waals surface area (Å²) in [4.78, 5) is 2.42. The molecule has 0 unspecified atom stereocenters. The van der Waals surface area contributed by atoms with Gasteiger partial charge in [-0.1, -0.05) is 145 Å². The Morgan fingerprint density at radius 3 is 1.38 bits per heavy atom. The smallest absolute Gasteiger partial charge is 0.255 e. The van der Waals surface area contributed by atoms with Crippen LogP contribution in [0.2, 0.25) is 0 Å². The van der Waals surface area contributed by atoms with Crippen LogP contribution in [0, 0.1) is 6.92 Å². The average molecular weight is 648 g/mol. The average Bonchev–Trinajstić information content (AvgIpc) is 3.56. The van der Waals surface area contributed by atoms with Gasteiger partial charge in [-0.15, -0.1) is 0 Å². The minimum atomic E-state index is 0. The van der Waals surface area contributed by atoms with Crippen LogP contribution in [0.15, 0.2) is 164 Å². The highest BCUT2D eigenvalue weighted by molar-refractivity contribution is 5.60. The van der Waals surface area contributed by atoms with Gasteiger partial charge in [0.1, 0.15) is 11.9 Å². The van der Waals surface area contributed by atoms with E-state index >= 15 is 0 Å². The molecule has 0 saturated carbocycles. The summed E-state index contributed by atoms with van der Waals surface area (Å²) in [5.41, 5.74) is 11.3. The van der Waals surface area contributed by atoms with E-state index in [0.717, 1.165) is 13.1 Å². The molecule has 2 aromatic heterocycles. The third-order valence-electron chi connectivity index (χ3n) is 9.36. The van der Waals surface area contributed by atoms with Crippen LogP contribution in [0.25, 0.3) is 11.2 Å². The summed E-state index contributed by atoms with van der Waals surface area (Å²) in [6.45, 7) is 8.59. The maximum atomic E-state index is 2.42. The minimum Gasteiger partial charge on any atom is -1.00 e. The van der Waals surface area contributed by atoms with Crippen molar-refractivity contribution in [3.05, 3.63) is 203 Å². The second-order valence-electron chi connectivity index (χ2n) is 12.3. The monoisotopic (exact) mass is 647 g/mol. The van der Waals surface area contributed by atoms with Crippen LogP contribution in [0.4, 0.5) is 5.82 Å². The van der Waals surface area contributed by atoms with E-state index in [2.05, 4.69) is 199 Å². The maximum Gasteiger partial charge on any atom is 0.255 e. The van der Waals surface area contributed by atoms with Gasteiger partial charge in [0.25, 0.3) is 6.33 Å². The molecular weight excluding hydrogens is 606 g/mol. The molecule has 7 aromatic rings. The summed E-state index contributed by atoms with van der Waals surface area (Å²) in [5, 5.41) is 0.